The number of carbonyl (C=O) groups is 2. The van der Waals surface area contributed by atoms with Crippen LogP contribution >= 0.6 is 23.2 Å². The second-order valence-electron chi connectivity index (χ2n) is 7.67. The van der Waals surface area contributed by atoms with Gasteiger partial charge in [0.15, 0.2) is 0 Å². The molecule has 0 saturated carbocycles. The number of likely N-dealkylation sites (tertiary alicyclic amines) is 2. The first-order valence-electron chi connectivity index (χ1n) is 10.1. The zero-order chi connectivity index (χ0) is 20.1. The SMILES string of the molecule is CCOC(=O)C1CCN(C(=O)C2CCCN(Cc3ccc(Cl)c(Cl)c3)C2)CC1. The van der Waals surface area contributed by atoms with E-state index < -0.39 is 0 Å². The fraction of sp³-hybridized carbons (Fsp3) is 0.619. The molecule has 0 aromatic heterocycles. The van der Waals surface area contributed by atoms with Crippen molar-refractivity contribution in [2.24, 2.45) is 11.8 Å². The minimum absolute atomic E-state index is 0.0238. The third-order valence-electron chi connectivity index (χ3n) is 5.67. The molecule has 2 aliphatic rings. The summed E-state index contributed by atoms with van der Waals surface area (Å²) in [6, 6.07) is 5.70. The van der Waals surface area contributed by atoms with Crippen LogP contribution < -0.4 is 0 Å². The van der Waals surface area contributed by atoms with E-state index in [0.717, 1.165) is 38.0 Å². The first-order chi connectivity index (χ1) is 13.5. The van der Waals surface area contributed by atoms with Crippen molar-refractivity contribution >= 4 is 35.1 Å². The van der Waals surface area contributed by atoms with Gasteiger partial charge in [-0.3, -0.25) is 14.5 Å². The Balaban J connectivity index is 1.52. The van der Waals surface area contributed by atoms with Crippen LogP contribution in [0.2, 0.25) is 10.0 Å². The van der Waals surface area contributed by atoms with Crippen molar-refractivity contribution < 1.29 is 14.3 Å². The van der Waals surface area contributed by atoms with Crippen molar-refractivity contribution in [3.8, 4) is 0 Å². The van der Waals surface area contributed by atoms with Crippen LogP contribution in [0.1, 0.15) is 38.2 Å². The third kappa shape index (κ3) is 5.40. The van der Waals surface area contributed by atoms with E-state index in [4.69, 9.17) is 27.9 Å². The third-order valence-corrected chi connectivity index (χ3v) is 6.41. The Kier molecular flexibility index (Phi) is 7.61. The summed E-state index contributed by atoms with van der Waals surface area (Å²) >= 11 is 12.1. The molecule has 154 valence electrons. The Morgan fingerprint density at radius 1 is 1.07 bits per heavy atom. The molecule has 2 fully saturated rings. The summed E-state index contributed by atoms with van der Waals surface area (Å²) in [5.74, 6) is 0.0541. The number of benzene rings is 1. The number of piperidine rings is 2. The predicted molar refractivity (Wildman–Crippen MR) is 110 cm³/mol. The van der Waals surface area contributed by atoms with Crippen LogP contribution in [0.4, 0.5) is 0 Å². The Hall–Kier alpha value is -1.30. The summed E-state index contributed by atoms with van der Waals surface area (Å²) in [4.78, 5) is 29.1. The molecule has 5 nitrogen and oxygen atoms in total. The van der Waals surface area contributed by atoms with Gasteiger partial charge < -0.3 is 9.64 Å². The van der Waals surface area contributed by atoms with Crippen LogP contribution in [-0.2, 0) is 20.9 Å². The van der Waals surface area contributed by atoms with Crippen molar-refractivity contribution in [3.05, 3.63) is 33.8 Å². The average molecular weight is 427 g/mol. The van der Waals surface area contributed by atoms with Gasteiger partial charge in [-0.1, -0.05) is 29.3 Å². The monoisotopic (exact) mass is 426 g/mol. The number of ether oxygens (including phenoxy) is 1. The second-order valence-corrected chi connectivity index (χ2v) is 8.49. The standard InChI is InChI=1S/C21H28Cl2N2O3/c1-2-28-21(27)16-7-10-25(11-8-16)20(26)17-4-3-9-24(14-17)13-15-5-6-18(22)19(23)12-15/h5-6,12,16-17H,2-4,7-11,13-14H2,1H3. The number of halogens is 2. The number of esters is 1. The van der Waals surface area contributed by atoms with Crippen molar-refractivity contribution in [2.75, 3.05) is 32.8 Å². The van der Waals surface area contributed by atoms with E-state index >= 15 is 0 Å². The predicted octanol–water partition coefficient (Wildman–Crippen LogP) is 4.01. The van der Waals surface area contributed by atoms with Gasteiger partial charge in [0.25, 0.3) is 0 Å². The first-order valence-corrected chi connectivity index (χ1v) is 10.8. The van der Waals surface area contributed by atoms with Gasteiger partial charge in [0.2, 0.25) is 5.91 Å². The number of hydrogen-bond acceptors (Lipinski definition) is 4. The van der Waals surface area contributed by atoms with Crippen LogP contribution in [-0.4, -0.2) is 54.5 Å². The summed E-state index contributed by atoms with van der Waals surface area (Å²) < 4.78 is 5.11. The molecule has 0 N–H and O–H groups in total. The molecule has 28 heavy (non-hydrogen) atoms. The lowest BCUT2D eigenvalue weighted by Crippen LogP contribution is -2.47. The second kappa shape index (κ2) is 9.95. The van der Waals surface area contributed by atoms with Crippen LogP contribution in [0.5, 0.6) is 0 Å². The smallest absolute Gasteiger partial charge is 0.309 e. The molecular weight excluding hydrogens is 399 g/mol. The zero-order valence-electron chi connectivity index (χ0n) is 16.3. The lowest BCUT2D eigenvalue weighted by atomic mass is 9.92. The highest BCUT2D eigenvalue weighted by atomic mass is 35.5. The largest absolute Gasteiger partial charge is 0.466 e. The fourth-order valence-electron chi connectivity index (χ4n) is 4.15. The Morgan fingerprint density at radius 2 is 1.82 bits per heavy atom. The normalized spacial score (nSPS) is 21.5. The Morgan fingerprint density at radius 3 is 2.50 bits per heavy atom. The van der Waals surface area contributed by atoms with Gasteiger partial charge in [-0.2, -0.15) is 0 Å². The summed E-state index contributed by atoms with van der Waals surface area (Å²) in [6.45, 7) is 6.03. The summed E-state index contributed by atoms with van der Waals surface area (Å²) in [5, 5.41) is 1.12. The van der Waals surface area contributed by atoms with Gasteiger partial charge in [-0.25, -0.2) is 0 Å². The lowest BCUT2D eigenvalue weighted by Gasteiger charge is -2.37. The molecule has 1 aromatic rings. The van der Waals surface area contributed by atoms with Gasteiger partial charge >= 0.3 is 5.97 Å². The highest BCUT2D eigenvalue weighted by Gasteiger charge is 2.33. The molecule has 1 amide bonds. The van der Waals surface area contributed by atoms with Crippen molar-refractivity contribution in [3.63, 3.8) is 0 Å². The quantitative estimate of drug-likeness (QED) is 0.667. The van der Waals surface area contributed by atoms with E-state index in [-0.39, 0.29) is 23.7 Å². The van der Waals surface area contributed by atoms with Crippen molar-refractivity contribution in [1.82, 2.24) is 9.80 Å². The van der Waals surface area contributed by atoms with Crippen LogP contribution in [0.3, 0.4) is 0 Å². The fourth-order valence-corrected chi connectivity index (χ4v) is 4.47. The molecule has 0 spiro atoms. The van der Waals surface area contributed by atoms with Crippen LogP contribution in [0.15, 0.2) is 18.2 Å². The maximum absolute atomic E-state index is 13.0. The first kappa shape index (κ1) is 21.4. The van der Waals surface area contributed by atoms with Gasteiger partial charge in [-0.05, 0) is 56.8 Å². The van der Waals surface area contributed by atoms with Gasteiger partial charge in [0, 0.05) is 26.2 Å². The average Bonchev–Trinajstić information content (AvgIpc) is 2.71. The summed E-state index contributed by atoms with van der Waals surface area (Å²) in [7, 11) is 0. The minimum atomic E-state index is -0.125. The minimum Gasteiger partial charge on any atom is -0.466 e. The van der Waals surface area contributed by atoms with Gasteiger partial charge in [-0.15, -0.1) is 0 Å². The van der Waals surface area contributed by atoms with Gasteiger partial charge in [0.1, 0.15) is 0 Å². The molecule has 3 rings (SSSR count). The number of carbonyl (C=O) groups excluding carboxylic acids is 2. The number of amides is 1. The molecule has 2 saturated heterocycles. The molecular formula is C21H28Cl2N2O3. The van der Waals surface area contributed by atoms with E-state index in [0.29, 0.717) is 42.6 Å². The maximum Gasteiger partial charge on any atom is 0.309 e. The van der Waals surface area contributed by atoms with Crippen molar-refractivity contribution in [1.29, 1.82) is 0 Å². The highest BCUT2D eigenvalue weighted by Crippen LogP contribution is 2.27. The molecule has 0 radical (unpaired) electrons. The topological polar surface area (TPSA) is 49.9 Å². The van der Waals surface area contributed by atoms with E-state index in [1.54, 1.807) is 0 Å². The van der Waals surface area contributed by atoms with E-state index in [1.165, 1.54) is 0 Å². The lowest BCUT2D eigenvalue weighted by molar-refractivity contribution is -0.152. The van der Waals surface area contributed by atoms with Gasteiger partial charge in [0.05, 0.1) is 28.5 Å². The molecule has 7 heteroatoms. The molecule has 1 atom stereocenters. The number of rotatable bonds is 5. The molecule has 1 aromatic carbocycles. The molecule has 0 bridgehead atoms. The van der Waals surface area contributed by atoms with E-state index in [1.807, 2.05) is 30.0 Å². The molecule has 2 heterocycles. The summed E-state index contributed by atoms with van der Waals surface area (Å²) in [5.41, 5.74) is 1.11. The highest BCUT2D eigenvalue weighted by molar-refractivity contribution is 6.42. The molecule has 1 unspecified atom stereocenters. The summed E-state index contributed by atoms with van der Waals surface area (Å²) in [6.07, 6.45) is 3.33. The number of hydrogen-bond donors (Lipinski definition) is 0. The Labute approximate surface area is 176 Å². The van der Waals surface area contributed by atoms with E-state index in [9.17, 15) is 9.59 Å². The molecule has 0 aliphatic carbocycles. The zero-order valence-corrected chi connectivity index (χ0v) is 17.8. The maximum atomic E-state index is 13.0. The van der Waals surface area contributed by atoms with Crippen molar-refractivity contribution in [2.45, 2.75) is 39.2 Å². The van der Waals surface area contributed by atoms with Crippen LogP contribution in [0, 0.1) is 11.8 Å². The van der Waals surface area contributed by atoms with E-state index in [2.05, 4.69) is 4.90 Å². The number of nitrogens with zero attached hydrogens (tertiary/aromatic N) is 2. The Bertz CT molecular complexity index is 705. The van der Waals surface area contributed by atoms with Crippen LogP contribution in [0.25, 0.3) is 0 Å². The molecule has 2 aliphatic heterocycles.